The van der Waals surface area contributed by atoms with Crippen LogP contribution in [-0.2, 0) is 19.6 Å². The summed E-state index contributed by atoms with van der Waals surface area (Å²) in [5.41, 5.74) is 3.11. The fraction of sp³-hybridized carbons (Fsp3) is 0.300. The summed E-state index contributed by atoms with van der Waals surface area (Å²) in [5.74, 6) is -0.402. The second kappa shape index (κ2) is 9.48. The third kappa shape index (κ3) is 6.17. The quantitative estimate of drug-likeness (QED) is 0.630. The molecule has 0 atom stereocenters. The maximum atomic E-state index is 12.3. The van der Waals surface area contributed by atoms with Gasteiger partial charge in [0, 0.05) is 30.8 Å². The van der Waals surface area contributed by atoms with E-state index in [0.717, 1.165) is 11.1 Å². The summed E-state index contributed by atoms with van der Waals surface area (Å²) in [6.45, 7) is 5.51. The Bertz CT molecular complexity index is 954. The van der Waals surface area contributed by atoms with Crippen molar-refractivity contribution in [2.75, 3.05) is 17.2 Å². The Morgan fingerprint density at radius 3 is 1.96 bits per heavy atom. The fourth-order valence-electron chi connectivity index (χ4n) is 2.37. The number of anilines is 2. The van der Waals surface area contributed by atoms with E-state index in [-0.39, 0.29) is 29.7 Å². The minimum atomic E-state index is -3.66. The monoisotopic (exact) mass is 403 g/mol. The molecule has 2 aromatic carbocycles. The molecular formula is C20H25N3O4S. The van der Waals surface area contributed by atoms with Crippen LogP contribution in [0.15, 0.2) is 47.4 Å². The lowest BCUT2D eigenvalue weighted by molar-refractivity contribution is -0.116. The molecule has 0 fully saturated rings. The fourth-order valence-corrected chi connectivity index (χ4v) is 3.49. The Balaban J connectivity index is 1.85. The molecular weight excluding hydrogens is 378 g/mol. The van der Waals surface area contributed by atoms with Crippen molar-refractivity contribution in [1.29, 1.82) is 0 Å². The average molecular weight is 404 g/mol. The molecule has 0 aliphatic carbocycles. The van der Waals surface area contributed by atoms with Crippen molar-refractivity contribution in [2.45, 2.75) is 38.5 Å². The number of amides is 2. The lowest BCUT2D eigenvalue weighted by Crippen LogP contribution is -2.28. The van der Waals surface area contributed by atoms with Gasteiger partial charge in [0.05, 0.1) is 4.90 Å². The maximum absolute atomic E-state index is 12.3. The molecule has 150 valence electrons. The van der Waals surface area contributed by atoms with Crippen molar-refractivity contribution in [3.05, 3.63) is 53.6 Å². The molecule has 0 aromatic heterocycles. The first-order chi connectivity index (χ1) is 13.2. The van der Waals surface area contributed by atoms with Crippen molar-refractivity contribution in [1.82, 2.24) is 4.72 Å². The summed E-state index contributed by atoms with van der Waals surface area (Å²) < 4.78 is 27.1. The number of carbonyl (C=O) groups excluding carboxylic acids is 2. The summed E-state index contributed by atoms with van der Waals surface area (Å²) >= 11 is 0. The van der Waals surface area contributed by atoms with Crippen LogP contribution in [0.3, 0.4) is 0 Å². The third-order valence-electron chi connectivity index (χ3n) is 4.21. The predicted molar refractivity (Wildman–Crippen MR) is 110 cm³/mol. The number of rotatable bonds is 8. The lowest BCUT2D eigenvalue weighted by atomic mass is 10.1. The second-order valence-electron chi connectivity index (χ2n) is 6.42. The zero-order valence-corrected chi connectivity index (χ0v) is 17.0. The Hall–Kier alpha value is -2.71. The Morgan fingerprint density at radius 1 is 0.857 bits per heavy atom. The molecule has 0 unspecified atom stereocenters. The van der Waals surface area contributed by atoms with E-state index >= 15 is 0 Å². The van der Waals surface area contributed by atoms with E-state index in [4.69, 9.17) is 0 Å². The van der Waals surface area contributed by atoms with Crippen LogP contribution in [0, 0.1) is 13.8 Å². The first-order valence-electron chi connectivity index (χ1n) is 8.98. The molecule has 0 saturated heterocycles. The molecule has 0 aliphatic rings. The van der Waals surface area contributed by atoms with E-state index in [1.807, 2.05) is 13.8 Å². The van der Waals surface area contributed by atoms with Crippen molar-refractivity contribution in [3.8, 4) is 0 Å². The molecule has 28 heavy (non-hydrogen) atoms. The number of sulfonamides is 1. The highest BCUT2D eigenvalue weighted by Gasteiger charge is 2.15. The van der Waals surface area contributed by atoms with Gasteiger partial charge in [-0.2, -0.15) is 0 Å². The van der Waals surface area contributed by atoms with E-state index in [1.165, 1.54) is 0 Å². The molecule has 0 bridgehead atoms. The van der Waals surface area contributed by atoms with Gasteiger partial charge in [0.25, 0.3) is 0 Å². The van der Waals surface area contributed by atoms with Crippen molar-refractivity contribution < 1.29 is 18.0 Å². The van der Waals surface area contributed by atoms with Gasteiger partial charge >= 0.3 is 0 Å². The highest BCUT2D eigenvalue weighted by atomic mass is 32.2. The van der Waals surface area contributed by atoms with Gasteiger partial charge in [0.15, 0.2) is 0 Å². The second-order valence-corrected chi connectivity index (χ2v) is 8.19. The Kier molecular flexibility index (Phi) is 7.31. The summed E-state index contributed by atoms with van der Waals surface area (Å²) in [6, 6.07) is 11.6. The van der Waals surface area contributed by atoms with Crippen LogP contribution >= 0.6 is 0 Å². The van der Waals surface area contributed by atoms with Gasteiger partial charge in [0.2, 0.25) is 21.8 Å². The van der Waals surface area contributed by atoms with Crippen LogP contribution in [0.2, 0.25) is 0 Å². The number of hydrogen-bond donors (Lipinski definition) is 3. The van der Waals surface area contributed by atoms with Crippen LogP contribution in [-0.4, -0.2) is 26.8 Å². The molecule has 0 saturated carbocycles. The molecule has 3 N–H and O–H groups in total. The van der Waals surface area contributed by atoms with Gasteiger partial charge in [-0.3, -0.25) is 9.59 Å². The van der Waals surface area contributed by atoms with Gasteiger partial charge in [-0.1, -0.05) is 13.0 Å². The normalized spacial score (nSPS) is 11.1. The lowest BCUT2D eigenvalue weighted by Gasteiger charge is -2.10. The molecule has 0 spiro atoms. The molecule has 2 rings (SSSR count). The third-order valence-corrected chi connectivity index (χ3v) is 5.67. The number of benzene rings is 2. The molecule has 0 aliphatic heterocycles. The highest BCUT2D eigenvalue weighted by molar-refractivity contribution is 7.89. The SMILES string of the molecule is CCC(=O)Nc1ccc(NC(=O)CCNS(=O)(=O)c2ccc(C)c(C)c2)cc1. The molecule has 7 nitrogen and oxygen atoms in total. The van der Waals surface area contributed by atoms with Crippen LogP contribution in [0.1, 0.15) is 30.9 Å². The largest absolute Gasteiger partial charge is 0.326 e. The number of nitrogens with one attached hydrogen (secondary N) is 3. The average Bonchev–Trinajstić information content (AvgIpc) is 2.65. The van der Waals surface area contributed by atoms with E-state index in [1.54, 1.807) is 49.4 Å². The number of hydrogen-bond acceptors (Lipinski definition) is 4. The maximum Gasteiger partial charge on any atom is 0.240 e. The van der Waals surface area contributed by atoms with Gasteiger partial charge in [0.1, 0.15) is 0 Å². The summed E-state index contributed by atoms with van der Waals surface area (Å²) in [7, 11) is -3.66. The summed E-state index contributed by atoms with van der Waals surface area (Å²) in [5, 5.41) is 5.41. The number of carbonyl (C=O) groups is 2. The van der Waals surface area contributed by atoms with Crippen molar-refractivity contribution >= 4 is 33.2 Å². The van der Waals surface area contributed by atoms with E-state index in [2.05, 4.69) is 15.4 Å². The first kappa shape index (κ1) is 21.6. The van der Waals surface area contributed by atoms with E-state index in [9.17, 15) is 18.0 Å². The van der Waals surface area contributed by atoms with Crippen LogP contribution in [0.5, 0.6) is 0 Å². The molecule has 0 heterocycles. The highest BCUT2D eigenvalue weighted by Crippen LogP contribution is 2.15. The summed E-state index contributed by atoms with van der Waals surface area (Å²) in [6.07, 6.45) is 0.384. The standard InChI is InChI=1S/C20H25N3O4S/c1-4-19(24)22-16-6-8-17(9-7-16)23-20(25)11-12-21-28(26,27)18-10-5-14(2)15(3)13-18/h5-10,13,21H,4,11-12H2,1-3H3,(H,22,24)(H,23,25). The van der Waals surface area contributed by atoms with Crippen molar-refractivity contribution in [3.63, 3.8) is 0 Å². The van der Waals surface area contributed by atoms with E-state index < -0.39 is 10.0 Å². The van der Waals surface area contributed by atoms with Gasteiger partial charge < -0.3 is 10.6 Å². The number of aryl methyl sites for hydroxylation is 2. The minimum Gasteiger partial charge on any atom is -0.326 e. The van der Waals surface area contributed by atoms with Crippen molar-refractivity contribution in [2.24, 2.45) is 0 Å². The first-order valence-corrected chi connectivity index (χ1v) is 10.5. The van der Waals surface area contributed by atoms with Crippen LogP contribution in [0.4, 0.5) is 11.4 Å². The molecule has 2 amide bonds. The zero-order valence-electron chi connectivity index (χ0n) is 16.2. The smallest absolute Gasteiger partial charge is 0.240 e. The molecule has 0 radical (unpaired) electrons. The predicted octanol–water partition coefficient (Wildman–Crippen LogP) is 2.96. The Labute approximate surface area is 165 Å². The van der Waals surface area contributed by atoms with Crippen LogP contribution < -0.4 is 15.4 Å². The van der Waals surface area contributed by atoms with E-state index in [0.29, 0.717) is 17.8 Å². The summed E-state index contributed by atoms with van der Waals surface area (Å²) in [4.78, 5) is 23.6. The van der Waals surface area contributed by atoms with Crippen LogP contribution in [0.25, 0.3) is 0 Å². The minimum absolute atomic E-state index is 0.00159. The molecule has 2 aromatic rings. The molecule has 8 heteroatoms. The van der Waals surface area contributed by atoms with Gasteiger partial charge in [-0.15, -0.1) is 0 Å². The van der Waals surface area contributed by atoms with Gasteiger partial charge in [-0.05, 0) is 61.4 Å². The van der Waals surface area contributed by atoms with Gasteiger partial charge in [-0.25, -0.2) is 13.1 Å². The topological polar surface area (TPSA) is 104 Å². The Morgan fingerprint density at radius 2 is 1.43 bits per heavy atom. The zero-order chi connectivity index (χ0) is 20.7.